The maximum absolute atomic E-state index is 12.4. The third-order valence-corrected chi connectivity index (χ3v) is 5.16. The number of aromatic nitrogens is 3. The zero-order valence-electron chi connectivity index (χ0n) is 17.6. The van der Waals surface area contributed by atoms with Gasteiger partial charge in [0.25, 0.3) is 5.91 Å². The lowest BCUT2D eigenvalue weighted by Gasteiger charge is -2.11. The Morgan fingerprint density at radius 1 is 1.03 bits per heavy atom. The normalized spacial score (nSPS) is 10.9. The molecule has 1 amide bonds. The molecule has 0 saturated heterocycles. The van der Waals surface area contributed by atoms with E-state index in [1.54, 1.807) is 24.4 Å². The van der Waals surface area contributed by atoms with Gasteiger partial charge in [-0.15, -0.1) is 0 Å². The van der Waals surface area contributed by atoms with Crippen molar-refractivity contribution in [2.75, 3.05) is 6.61 Å². The number of carbonyl (C=O) groups is 1. The number of para-hydroxylation sites is 2. The molecule has 0 aliphatic carbocycles. The maximum atomic E-state index is 12.4. The zero-order chi connectivity index (χ0) is 21.5. The van der Waals surface area contributed by atoms with E-state index < -0.39 is 0 Å². The van der Waals surface area contributed by atoms with E-state index in [4.69, 9.17) is 9.72 Å². The highest BCUT2D eigenvalue weighted by atomic mass is 16.5. The van der Waals surface area contributed by atoms with Crippen LogP contribution in [0.5, 0.6) is 5.75 Å². The van der Waals surface area contributed by atoms with Crippen molar-refractivity contribution >= 4 is 16.9 Å². The zero-order valence-corrected chi connectivity index (χ0v) is 17.6. The first-order chi connectivity index (χ1) is 15.2. The molecule has 0 radical (unpaired) electrons. The van der Waals surface area contributed by atoms with Crippen LogP contribution in [0.4, 0.5) is 0 Å². The van der Waals surface area contributed by atoms with Crippen LogP contribution in [0.15, 0.2) is 72.9 Å². The number of nitrogens with one attached hydrogen (secondary N) is 1. The van der Waals surface area contributed by atoms with Gasteiger partial charge in [0.15, 0.2) is 0 Å². The molecular weight excluding hydrogens is 388 g/mol. The maximum Gasteiger partial charge on any atom is 0.270 e. The fourth-order valence-corrected chi connectivity index (χ4v) is 3.49. The number of fused-ring (bicyclic) bond motifs is 1. The van der Waals surface area contributed by atoms with E-state index >= 15 is 0 Å². The van der Waals surface area contributed by atoms with E-state index in [1.165, 1.54) is 5.56 Å². The van der Waals surface area contributed by atoms with Gasteiger partial charge in [-0.2, -0.15) is 0 Å². The van der Waals surface area contributed by atoms with Gasteiger partial charge in [0, 0.05) is 12.7 Å². The van der Waals surface area contributed by atoms with Crippen LogP contribution < -0.4 is 10.1 Å². The van der Waals surface area contributed by atoms with Crippen molar-refractivity contribution in [2.24, 2.45) is 0 Å². The second kappa shape index (κ2) is 9.89. The number of amides is 1. The molecule has 0 fully saturated rings. The fourth-order valence-electron chi connectivity index (χ4n) is 3.49. The molecular formula is C25H26N4O2. The number of hydrogen-bond donors (Lipinski definition) is 1. The molecule has 2 aromatic carbocycles. The first-order valence-corrected chi connectivity index (χ1v) is 10.6. The third-order valence-electron chi connectivity index (χ3n) is 5.16. The second-order valence-corrected chi connectivity index (χ2v) is 7.27. The van der Waals surface area contributed by atoms with Gasteiger partial charge in [0.2, 0.25) is 0 Å². The average Bonchev–Trinajstić information content (AvgIpc) is 3.18. The number of ether oxygens (including phenoxy) is 1. The van der Waals surface area contributed by atoms with Crippen molar-refractivity contribution < 1.29 is 9.53 Å². The largest absolute Gasteiger partial charge is 0.494 e. The number of carbonyl (C=O) groups excluding carboxylic acids is 1. The monoisotopic (exact) mass is 414 g/mol. The van der Waals surface area contributed by atoms with Gasteiger partial charge in [-0.1, -0.05) is 37.3 Å². The van der Waals surface area contributed by atoms with Crippen LogP contribution in [0, 0.1) is 0 Å². The number of aryl methyl sites for hydroxylation is 2. The molecule has 0 aliphatic heterocycles. The minimum Gasteiger partial charge on any atom is -0.494 e. The summed E-state index contributed by atoms with van der Waals surface area (Å²) in [6.07, 6.45) is 3.46. The fraction of sp³-hybridized carbons (Fsp3) is 0.240. The molecule has 31 heavy (non-hydrogen) atoms. The number of pyridine rings is 1. The molecule has 0 unspecified atom stereocenters. The van der Waals surface area contributed by atoms with Crippen LogP contribution in [0.3, 0.4) is 0 Å². The molecule has 0 aliphatic rings. The Labute approximate surface area is 181 Å². The molecule has 6 heteroatoms. The van der Waals surface area contributed by atoms with Gasteiger partial charge in [-0.3, -0.25) is 9.78 Å². The van der Waals surface area contributed by atoms with Crippen LogP contribution in [-0.2, 0) is 19.5 Å². The summed E-state index contributed by atoms with van der Waals surface area (Å²) >= 11 is 0. The molecule has 4 aromatic rings. The highest BCUT2D eigenvalue weighted by Crippen LogP contribution is 2.17. The van der Waals surface area contributed by atoms with Crippen molar-refractivity contribution in [1.82, 2.24) is 19.9 Å². The van der Waals surface area contributed by atoms with Crippen LogP contribution in [0.2, 0.25) is 0 Å². The van der Waals surface area contributed by atoms with Gasteiger partial charge < -0.3 is 14.6 Å². The van der Waals surface area contributed by atoms with Crippen molar-refractivity contribution in [1.29, 1.82) is 0 Å². The minimum atomic E-state index is -0.210. The first-order valence-electron chi connectivity index (χ1n) is 10.6. The highest BCUT2D eigenvalue weighted by molar-refractivity contribution is 5.92. The smallest absolute Gasteiger partial charge is 0.270 e. The highest BCUT2D eigenvalue weighted by Gasteiger charge is 2.13. The van der Waals surface area contributed by atoms with Crippen molar-refractivity contribution in [2.45, 2.75) is 32.9 Å². The molecule has 0 spiro atoms. The molecule has 1 N–H and O–H groups in total. The summed E-state index contributed by atoms with van der Waals surface area (Å²) < 4.78 is 8.05. The summed E-state index contributed by atoms with van der Waals surface area (Å²) in [7, 11) is 0. The summed E-state index contributed by atoms with van der Waals surface area (Å²) in [6, 6.07) is 21.5. The van der Waals surface area contributed by atoms with Gasteiger partial charge in [0.05, 0.1) is 24.2 Å². The Bertz CT molecular complexity index is 1140. The van der Waals surface area contributed by atoms with E-state index in [2.05, 4.69) is 40.0 Å². The minimum absolute atomic E-state index is 0.210. The summed E-state index contributed by atoms with van der Waals surface area (Å²) in [5, 5.41) is 2.93. The van der Waals surface area contributed by atoms with Crippen LogP contribution >= 0.6 is 0 Å². The van der Waals surface area contributed by atoms with Gasteiger partial charge in [-0.05, 0) is 54.8 Å². The van der Waals surface area contributed by atoms with Gasteiger partial charge in [0.1, 0.15) is 17.3 Å². The lowest BCUT2D eigenvalue weighted by atomic mass is 10.2. The number of hydrogen-bond acceptors (Lipinski definition) is 4. The van der Waals surface area contributed by atoms with Crippen LogP contribution in [-0.4, -0.2) is 27.0 Å². The van der Waals surface area contributed by atoms with Crippen LogP contribution in [0.1, 0.15) is 35.2 Å². The Hall–Kier alpha value is -3.67. The predicted molar refractivity (Wildman–Crippen MR) is 121 cm³/mol. The quantitative estimate of drug-likeness (QED) is 0.412. The first kappa shape index (κ1) is 20.6. The summed E-state index contributed by atoms with van der Waals surface area (Å²) in [5.41, 5.74) is 3.67. The lowest BCUT2D eigenvalue weighted by molar-refractivity contribution is 0.0944. The molecule has 158 valence electrons. The number of imidazole rings is 1. The number of benzene rings is 2. The standard InChI is InChI=1S/C25H26N4O2/c1-2-19-11-13-20(14-12-19)31-17-7-16-29-23-10-4-3-8-21(23)28-24(29)18-27-25(30)22-9-5-6-15-26-22/h3-6,8-15H,2,7,16-18H2,1H3,(H,27,30). The Kier molecular flexibility index (Phi) is 6.57. The average molecular weight is 415 g/mol. The SMILES string of the molecule is CCc1ccc(OCCCn2c(CNC(=O)c3ccccn3)nc3ccccc32)cc1. The van der Waals surface area contributed by atoms with Crippen molar-refractivity contribution in [3.05, 3.63) is 90.0 Å². The topological polar surface area (TPSA) is 69.0 Å². The summed E-state index contributed by atoms with van der Waals surface area (Å²) in [5.74, 6) is 1.49. The third kappa shape index (κ3) is 5.09. The lowest BCUT2D eigenvalue weighted by Crippen LogP contribution is -2.25. The Morgan fingerprint density at radius 2 is 1.84 bits per heavy atom. The van der Waals surface area contributed by atoms with E-state index in [-0.39, 0.29) is 5.91 Å². The predicted octanol–water partition coefficient (Wildman–Crippen LogP) is 4.39. The van der Waals surface area contributed by atoms with E-state index in [0.717, 1.165) is 42.0 Å². The van der Waals surface area contributed by atoms with E-state index in [9.17, 15) is 4.79 Å². The molecule has 0 atom stereocenters. The van der Waals surface area contributed by atoms with Gasteiger partial charge >= 0.3 is 0 Å². The molecule has 2 aromatic heterocycles. The van der Waals surface area contributed by atoms with Gasteiger partial charge in [-0.25, -0.2) is 4.98 Å². The molecule has 0 saturated carbocycles. The molecule has 0 bridgehead atoms. The molecule has 4 rings (SSSR count). The number of rotatable bonds is 9. The Morgan fingerprint density at radius 3 is 2.61 bits per heavy atom. The van der Waals surface area contributed by atoms with E-state index in [1.807, 2.05) is 30.3 Å². The second-order valence-electron chi connectivity index (χ2n) is 7.27. The number of nitrogens with zero attached hydrogens (tertiary/aromatic N) is 3. The summed E-state index contributed by atoms with van der Waals surface area (Å²) in [6.45, 7) is 3.84. The Balaban J connectivity index is 1.40. The summed E-state index contributed by atoms with van der Waals surface area (Å²) in [4.78, 5) is 21.2. The van der Waals surface area contributed by atoms with E-state index in [0.29, 0.717) is 18.8 Å². The van der Waals surface area contributed by atoms with Crippen LogP contribution in [0.25, 0.3) is 11.0 Å². The molecule has 2 heterocycles. The van der Waals surface area contributed by atoms with Crippen molar-refractivity contribution in [3.8, 4) is 5.75 Å². The van der Waals surface area contributed by atoms with Crippen molar-refractivity contribution in [3.63, 3.8) is 0 Å². The molecule has 6 nitrogen and oxygen atoms in total.